The third-order valence-corrected chi connectivity index (χ3v) is 3.88. The van der Waals surface area contributed by atoms with E-state index in [0.29, 0.717) is 6.42 Å². The molecule has 0 aliphatic rings. The number of carboxylic acid groups (broad SMARTS) is 1. The van der Waals surface area contributed by atoms with E-state index < -0.39 is 5.97 Å². The van der Waals surface area contributed by atoms with Gasteiger partial charge in [0.25, 0.3) is 0 Å². The first-order valence-electron chi connectivity index (χ1n) is 8.95. The van der Waals surface area contributed by atoms with Crippen LogP contribution in [0.25, 0.3) is 0 Å². The SMILES string of the molecule is CCCCC[C@@H](CCCCCCCCCC(=O)O)OC(C)=O. The number of carbonyl (C=O) groups is 2. The highest BCUT2D eigenvalue weighted by Crippen LogP contribution is 2.16. The fraction of sp³-hybridized carbons (Fsp3) is 0.889. The fourth-order valence-corrected chi connectivity index (χ4v) is 2.65. The molecule has 0 rings (SSSR count). The molecular weight excluding hydrogens is 280 g/mol. The molecule has 1 atom stereocenters. The molecule has 0 saturated carbocycles. The first-order valence-corrected chi connectivity index (χ1v) is 8.95. The van der Waals surface area contributed by atoms with Gasteiger partial charge in [0.05, 0.1) is 0 Å². The largest absolute Gasteiger partial charge is 0.481 e. The van der Waals surface area contributed by atoms with Gasteiger partial charge in [0.15, 0.2) is 0 Å². The van der Waals surface area contributed by atoms with Crippen LogP contribution in [0.5, 0.6) is 0 Å². The molecule has 0 bridgehead atoms. The Labute approximate surface area is 135 Å². The summed E-state index contributed by atoms with van der Waals surface area (Å²) in [6.45, 7) is 3.67. The lowest BCUT2D eigenvalue weighted by atomic mass is 10.0. The summed E-state index contributed by atoms with van der Waals surface area (Å²) < 4.78 is 5.38. The van der Waals surface area contributed by atoms with Crippen molar-refractivity contribution < 1.29 is 19.4 Å². The number of aliphatic carboxylic acids is 1. The van der Waals surface area contributed by atoms with E-state index in [1.54, 1.807) is 0 Å². The molecule has 4 heteroatoms. The first kappa shape index (κ1) is 20.9. The van der Waals surface area contributed by atoms with Crippen molar-refractivity contribution in [2.45, 2.75) is 103 Å². The van der Waals surface area contributed by atoms with Gasteiger partial charge in [-0.05, 0) is 32.1 Å². The third kappa shape index (κ3) is 15.3. The molecule has 0 fully saturated rings. The minimum Gasteiger partial charge on any atom is -0.481 e. The molecule has 0 heterocycles. The minimum atomic E-state index is -0.695. The molecule has 130 valence electrons. The normalized spacial score (nSPS) is 12.1. The highest BCUT2D eigenvalue weighted by Gasteiger charge is 2.11. The van der Waals surface area contributed by atoms with Crippen LogP contribution in [0.2, 0.25) is 0 Å². The number of unbranched alkanes of at least 4 members (excludes halogenated alkanes) is 8. The standard InChI is InChI=1S/C18H34O4/c1-3-4-10-13-17(22-16(2)19)14-11-8-6-5-7-9-12-15-18(20)21/h17H,3-15H2,1-2H3,(H,20,21)/t17-/m0/s1. The zero-order valence-corrected chi connectivity index (χ0v) is 14.4. The van der Waals surface area contributed by atoms with Crippen LogP contribution in [-0.4, -0.2) is 23.1 Å². The van der Waals surface area contributed by atoms with E-state index in [2.05, 4.69) is 6.92 Å². The van der Waals surface area contributed by atoms with E-state index in [-0.39, 0.29) is 12.1 Å². The summed E-state index contributed by atoms with van der Waals surface area (Å²) in [7, 11) is 0. The zero-order valence-electron chi connectivity index (χ0n) is 14.4. The number of carbonyl (C=O) groups excluding carboxylic acids is 1. The Hall–Kier alpha value is -1.06. The number of rotatable bonds is 15. The van der Waals surface area contributed by atoms with Gasteiger partial charge < -0.3 is 9.84 Å². The Morgan fingerprint density at radius 1 is 0.864 bits per heavy atom. The fourth-order valence-electron chi connectivity index (χ4n) is 2.65. The Balaban J connectivity index is 3.53. The third-order valence-electron chi connectivity index (χ3n) is 3.88. The van der Waals surface area contributed by atoms with Gasteiger partial charge in [-0.3, -0.25) is 9.59 Å². The number of carboxylic acids is 1. The average molecular weight is 314 g/mol. The second-order valence-corrected chi connectivity index (χ2v) is 6.13. The maximum absolute atomic E-state index is 11.1. The number of hydrogen-bond donors (Lipinski definition) is 1. The molecule has 0 radical (unpaired) electrons. The van der Waals surface area contributed by atoms with E-state index in [0.717, 1.165) is 44.9 Å². The summed E-state index contributed by atoms with van der Waals surface area (Å²) in [5.74, 6) is -0.862. The molecule has 0 aromatic heterocycles. The van der Waals surface area contributed by atoms with Gasteiger partial charge in [-0.15, -0.1) is 0 Å². The quantitative estimate of drug-likeness (QED) is 0.337. The highest BCUT2D eigenvalue weighted by atomic mass is 16.5. The molecule has 22 heavy (non-hydrogen) atoms. The van der Waals surface area contributed by atoms with Crippen molar-refractivity contribution in [3.8, 4) is 0 Å². The van der Waals surface area contributed by atoms with Crippen molar-refractivity contribution in [2.24, 2.45) is 0 Å². The van der Waals surface area contributed by atoms with Crippen LogP contribution in [0.15, 0.2) is 0 Å². The Morgan fingerprint density at radius 3 is 1.86 bits per heavy atom. The van der Waals surface area contributed by atoms with Crippen LogP contribution in [0.1, 0.15) is 97.3 Å². The first-order chi connectivity index (χ1) is 10.6. The van der Waals surface area contributed by atoms with E-state index in [1.807, 2.05) is 0 Å². The second-order valence-electron chi connectivity index (χ2n) is 6.13. The van der Waals surface area contributed by atoms with Crippen molar-refractivity contribution in [2.75, 3.05) is 0 Å². The molecule has 0 aliphatic heterocycles. The molecule has 0 spiro atoms. The topological polar surface area (TPSA) is 63.6 Å². The van der Waals surface area contributed by atoms with E-state index >= 15 is 0 Å². The molecule has 0 aliphatic carbocycles. The summed E-state index contributed by atoms with van der Waals surface area (Å²) in [4.78, 5) is 21.5. The summed E-state index contributed by atoms with van der Waals surface area (Å²) in [6.07, 6.45) is 13.5. The van der Waals surface area contributed by atoms with Crippen molar-refractivity contribution >= 4 is 11.9 Å². The lowest BCUT2D eigenvalue weighted by Crippen LogP contribution is -2.16. The molecule has 0 saturated heterocycles. The Bertz CT molecular complexity index is 289. The van der Waals surface area contributed by atoms with Crippen LogP contribution in [0, 0.1) is 0 Å². The van der Waals surface area contributed by atoms with Crippen LogP contribution in [-0.2, 0) is 14.3 Å². The lowest BCUT2D eigenvalue weighted by molar-refractivity contribution is -0.147. The van der Waals surface area contributed by atoms with Gasteiger partial charge in [0.2, 0.25) is 0 Å². The molecular formula is C18H34O4. The molecule has 0 aromatic rings. The Morgan fingerprint density at radius 2 is 1.36 bits per heavy atom. The van der Waals surface area contributed by atoms with Gasteiger partial charge >= 0.3 is 11.9 Å². The smallest absolute Gasteiger partial charge is 0.303 e. The average Bonchev–Trinajstić information content (AvgIpc) is 2.44. The maximum Gasteiger partial charge on any atom is 0.303 e. The summed E-state index contributed by atoms with van der Waals surface area (Å²) >= 11 is 0. The number of hydrogen-bond acceptors (Lipinski definition) is 3. The molecule has 1 N–H and O–H groups in total. The van der Waals surface area contributed by atoms with Crippen LogP contribution in [0.4, 0.5) is 0 Å². The summed E-state index contributed by atoms with van der Waals surface area (Å²) in [5.41, 5.74) is 0. The molecule has 0 amide bonds. The second kappa shape index (κ2) is 14.9. The van der Waals surface area contributed by atoms with Crippen molar-refractivity contribution in [1.82, 2.24) is 0 Å². The van der Waals surface area contributed by atoms with Crippen molar-refractivity contribution in [3.05, 3.63) is 0 Å². The highest BCUT2D eigenvalue weighted by molar-refractivity contribution is 5.66. The van der Waals surface area contributed by atoms with Crippen LogP contribution in [0.3, 0.4) is 0 Å². The molecule has 4 nitrogen and oxygen atoms in total. The van der Waals surface area contributed by atoms with Crippen LogP contribution < -0.4 is 0 Å². The minimum absolute atomic E-state index is 0.0969. The summed E-state index contributed by atoms with van der Waals surface area (Å²) in [6, 6.07) is 0. The monoisotopic (exact) mass is 314 g/mol. The van der Waals surface area contributed by atoms with Crippen molar-refractivity contribution in [3.63, 3.8) is 0 Å². The van der Waals surface area contributed by atoms with Gasteiger partial charge in [-0.1, -0.05) is 51.9 Å². The summed E-state index contributed by atoms with van der Waals surface area (Å²) in [5, 5.41) is 8.54. The van der Waals surface area contributed by atoms with Gasteiger partial charge in [-0.2, -0.15) is 0 Å². The molecule has 0 unspecified atom stereocenters. The maximum atomic E-state index is 11.1. The predicted molar refractivity (Wildman–Crippen MR) is 88.9 cm³/mol. The van der Waals surface area contributed by atoms with E-state index in [9.17, 15) is 9.59 Å². The van der Waals surface area contributed by atoms with Crippen molar-refractivity contribution in [1.29, 1.82) is 0 Å². The Kier molecular flexibility index (Phi) is 14.1. The van der Waals surface area contributed by atoms with Gasteiger partial charge in [0.1, 0.15) is 6.10 Å². The van der Waals surface area contributed by atoms with E-state index in [1.165, 1.54) is 39.0 Å². The lowest BCUT2D eigenvalue weighted by Gasteiger charge is -2.16. The number of esters is 1. The predicted octanol–water partition coefficient (Wildman–Crippen LogP) is 5.09. The van der Waals surface area contributed by atoms with E-state index in [4.69, 9.17) is 9.84 Å². The molecule has 0 aromatic carbocycles. The van der Waals surface area contributed by atoms with Crippen LogP contribution >= 0.6 is 0 Å². The van der Waals surface area contributed by atoms with Gasteiger partial charge in [0, 0.05) is 13.3 Å². The number of ether oxygens (including phenoxy) is 1. The zero-order chi connectivity index (χ0) is 16.6. The van der Waals surface area contributed by atoms with Gasteiger partial charge in [-0.25, -0.2) is 0 Å².